The Kier molecular flexibility index (Phi) is 5.03. The maximum absolute atomic E-state index is 12.9. The summed E-state index contributed by atoms with van der Waals surface area (Å²) in [5.41, 5.74) is 13.0. The van der Waals surface area contributed by atoms with E-state index in [1.807, 2.05) is 0 Å². The van der Waals surface area contributed by atoms with Gasteiger partial charge in [-0.1, -0.05) is 0 Å². The molecule has 0 aliphatic rings. The normalized spacial score (nSPS) is 10.2. The van der Waals surface area contributed by atoms with Crippen LogP contribution in [-0.2, 0) is 0 Å². The largest absolute Gasteiger partial charge is 0.493 e. The molecule has 0 aliphatic heterocycles. The second-order valence-corrected chi connectivity index (χ2v) is 4.92. The van der Waals surface area contributed by atoms with E-state index in [-0.39, 0.29) is 28.3 Å². The third kappa shape index (κ3) is 3.01. The van der Waals surface area contributed by atoms with Gasteiger partial charge in [-0.25, -0.2) is 0 Å². The number of carbonyl (C=O) groups is 1. The SMILES string of the molecule is COc1cc(N)c(C(=O)c2cc(OC)c(OC)cc2N)cc1OC. The Labute approximate surface area is 140 Å². The van der Waals surface area contributed by atoms with Crippen molar-refractivity contribution < 1.29 is 23.7 Å². The van der Waals surface area contributed by atoms with Crippen LogP contribution in [0.25, 0.3) is 0 Å². The van der Waals surface area contributed by atoms with Gasteiger partial charge in [0.15, 0.2) is 28.8 Å². The summed E-state index contributed by atoms with van der Waals surface area (Å²) in [6, 6.07) is 6.10. The van der Waals surface area contributed by atoms with Crippen LogP contribution in [0.4, 0.5) is 11.4 Å². The molecule has 0 saturated heterocycles. The molecule has 7 heteroatoms. The number of nitrogens with two attached hydrogens (primary N) is 2. The second-order valence-electron chi connectivity index (χ2n) is 4.92. The lowest BCUT2D eigenvalue weighted by atomic mass is 9.99. The zero-order valence-corrected chi connectivity index (χ0v) is 14.0. The van der Waals surface area contributed by atoms with E-state index in [2.05, 4.69) is 0 Å². The highest BCUT2D eigenvalue weighted by atomic mass is 16.5. The summed E-state index contributed by atoms with van der Waals surface area (Å²) in [6.45, 7) is 0. The predicted octanol–water partition coefficient (Wildman–Crippen LogP) is 2.12. The summed E-state index contributed by atoms with van der Waals surface area (Å²) in [5.74, 6) is 1.31. The molecule has 24 heavy (non-hydrogen) atoms. The first-order valence-electron chi connectivity index (χ1n) is 7.04. The number of hydrogen-bond donors (Lipinski definition) is 2. The molecule has 0 spiro atoms. The van der Waals surface area contributed by atoms with Crippen molar-refractivity contribution in [2.75, 3.05) is 39.9 Å². The van der Waals surface area contributed by atoms with Gasteiger partial charge in [-0.3, -0.25) is 4.79 Å². The first-order valence-corrected chi connectivity index (χ1v) is 7.04. The number of rotatable bonds is 6. The molecule has 0 unspecified atom stereocenters. The number of methoxy groups -OCH3 is 4. The Bertz CT molecular complexity index is 711. The van der Waals surface area contributed by atoms with E-state index in [4.69, 9.17) is 30.4 Å². The third-order valence-corrected chi connectivity index (χ3v) is 3.60. The van der Waals surface area contributed by atoms with Crippen molar-refractivity contribution in [1.29, 1.82) is 0 Å². The van der Waals surface area contributed by atoms with Crippen LogP contribution in [0.2, 0.25) is 0 Å². The van der Waals surface area contributed by atoms with Gasteiger partial charge in [-0.05, 0) is 12.1 Å². The Morgan fingerprint density at radius 3 is 1.25 bits per heavy atom. The number of hydrogen-bond acceptors (Lipinski definition) is 7. The molecule has 2 aromatic carbocycles. The van der Waals surface area contributed by atoms with Gasteiger partial charge in [-0.2, -0.15) is 0 Å². The second kappa shape index (κ2) is 6.99. The van der Waals surface area contributed by atoms with Gasteiger partial charge in [0.1, 0.15) is 0 Å². The Morgan fingerprint density at radius 2 is 0.958 bits per heavy atom. The smallest absolute Gasteiger partial charge is 0.197 e. The molecule has 0 amide bonds. The zero-order chi connectivity index (χ0) is 17.9. The highest BCUT2D eigenvalue weighted by Crippen LogP contribution is 2.36. The van der Waals surface area contributed by atoms with Gasteiger partial charge in [0.2, 0.25) is 0 Å². The van der Waals surface area contributed by atoms with Gasteiger partial charge < -0.3 is 30.4 Å². The van der Waals surface area contributed by atoms with E-state index in [0.717, 1.165) is 0 Å². The molecule has 7 nitrogen and oxygen atoms in total. The summed E-state index contributed by atoms with van der Waals surface area (Å²) in [4.78, 5) is 12.9. The average molecular weight is 332 g/mol. The van der Waals surface area contributed by atoms with E-state index in [9.17, 15) is 4.79 Å². The van der Waals surface area contributed by atoms with Crippen LogP contribution in [0.5, 0.6) is 23.0 Å². The summed E-state index contributed by atoms with van der Waals surface area (Å²) in [5, 5.41) is 0. The number of anilines is 2. The van der Waals surface area contributed by atoms with Crippen molar-refractivity contribution in [3.05, 3.63) is 35.4 Å². The van der Waals surface area contributed by atoms with Crippen LogP contribution in [0.3, 0.4) is 0 Å². The fourth-order valence-corrected chi connectivity index (χ4v) is 2.33. The molecule has 0 heterocycles. The summed E-state index contributed by atoms with van der Waals surface area (Å²) in [6.07, 6.45) is 0. The van der Waals surface area contributed by atoms with Gasteiger partial charge in [0, 0.05) is 34.6 Å². The van der Waals surface area contributed by atoms with Crippen LogP contribution in [0.15, 0.2) is 24.3 Å². The van der Waals surface area contributed by atoms with E-state index in [1.54, 1.807) is 0 Å². The topological polar surface area (TPSA) is 106 Å². The van der Waals surface area contributed by atoms with Crippen molar-refractivity contribution in [2.24, 2.45) is 0 Å². The fraction of sp³-hybridized carbons (Fsp3) is 0.235. The minimum absolute atomic E-state index is 0.256. The lowest BCUT2D eigenvalue weighted by molar-refractivity contribution is 0.103. The lowest BCUT2D eigenvalue weighted by Crippen LogP contribution is -2.10. The zero-order valence-electron chi connectivity index (χ0n) is 14.0. The van der Waals surface area contributed by atoms with Gasteiger partial charge in [0.25, 0.3) is 0 Å². The Balaban J connectivity index is 2.57. The standard InChI is InChI=1S/C17H20N2O5/c1-21-13-5-9(11(18)7-15(13)23-3)17(20)10-6-14(22-2)16(24-4)8-12(10)19/h5-8H,18-19H2,1-4H3. The van der Waals surface area contributed by atoms with Gasteiger partial charge in [0.05, 0.1) is 28.4 Å². The number of nitrogen functional groups attached to an aromatic ring is 2. The maximum Gasteiger partial charge on any atom is 0.197 e. The molecule has 0 aliphatic carbocycles. The molecule has 0 bridgehead atoms. The van der Waals surface area contributed by atoms with Crippen molar-refractivity contribution in [3.63, 3.8) is 0 Å². The molecule has 128 valence electrons. The molecule has 2 aromatic rings. The number of benzene rings is 2. The molecule has 0 saturated carbocycles. The third-order valence-electron chi connectivity index (χ3n) is 3.60. The molecular weight excluding hydrogens is 312 g/mol. The fourth-order valence-electron chi connectivity index (χ4n) is 2.33. The molecule has 0 aromatic heterocycles. The number of ketones is 1. The summed E-state index contributed by atoms with van der Waals surface area (Å²) < 4.78 is 20.8. The Hall–Kier alpha value is -3.09. The van der Waals surface area contributed by atoms with E-state index in [0.29, 0.717) is 23.0 Å². The van der Waals surface area contributed by atoms with E-state index >= 15 is 0 Å². The van der Waals surface area contributed by atoms with Crippen LogP contribution in [0, 0.1) is 0 Å². The summed E-state index contributed by atoms with van der Waals surface area (Å²) >= 11 is 0. The monoisotopic (exact) mass is 332 g/mol. The van der Waals surface area contributed by atoms with E-state index in [1.165, 1.54) is 52.7 Å². The first-order chi connectivity index (χ1) is 11.5. The van der Waals surface area contributed by atoms with Crippen LogP contribution < -0.4 is 30.4 Å². The van der Waals surface area contributed by atoms with Crippen molar-refractivity contribution >= 4 is 17.2 Å². The van der Waals surface area contributed by atoms with Crippen LogP contribution >= 0.6 is 0 Å². The summed E-state index contributed by atoms with van der Waals surface area (Å²) in [7, 11) is 5.94. The van der Waals surface area contributed by atoms with E-state index < -0.39 is 0 Å². The predicted molar refractivity (Wildman–Crippen MR) is 91.3 cm³/mol. The quantitative estimate of drug-likeness (QED) is 0.616. The Morgan fingerprint density at radius 1 is 0.667 bits per heavy atom. The van der Waals surface area contributed by atoms with Crippen LogP contribution in [0.1, 0.15) is 15.9 Å². The molecule has 0 radical (unpaired) electrons. The lowest BCUT2D eigenvalue weighted by Gasteiger charge is -2.14. The van der Waals surface area contributed by atoms with Gasteiger partial charge >= 0.3 is 0 Å². The molecular formula is C17H20N2O5. The maximum atomic E-state index is 12.9. The number of ether oxygens (including phenoxy) is 4. The number of carbonyl (C=O) groups excluding carboxylic acids is 1. The highest BCUT2D eigenvalue weighted by Gasteiger charge is 2.21. The first kappa shape index (κ1) is 17.3. The minimum atomic E-state index is -0.355. The van der Waals surface area contributed by atoms with Crippen LogP contribution in [-0.4, -0.2) is 34.2 Å². The highest BCUT2D eigenvalue weighted by molar-refractivity contribution is 6.15. The average Bonchev–Trinajstić information content (AvgIpc) is 2.60. The molecule has 0 fully saturated rings. The van der Waals surface area contributed by atoms with Crippen molar-refractivity contribution in [2.45, 2.75) is 0 Å². The van der Waals surface area contributed by atoms with Crippen molar-refractivity contribution in [3.8, 4) is 23.0 Å². The molecule has 2 rings (SSSR count). The molecule has 0 atom stereocenters. The minimum Gasteiger partial charge on any atom is -0.493 e. The van der Waals surface area contributed by atoms with Gasteiger partial charge in [-0.15, -0.1) is 0 Å². The molecule has 4 N–H and O–H groups in total. The van der Waals surface area contributed by atoms with Crippen molar-refractivity contribution in [1.82, 2.24) is 0 Å².